The summed E-state index contributed by atoms with van der Waals surface area (Å²) in [6.07, 6.45) is 3.58. The molecule has 0 N–H and O–H groups in total. The molecule has 164 valence electrons. The highest BCUT2D eigenvalue weighted by Gasteiger charge is 2.29. The number of likely N-dealkylation sites (tertiary alicyclic amines) is 1. The number of carbonyl (C=O) groups is 1. The zero-order valence-corrected chi connectivity index (χ0v) is 17.6. The maximum atomic E-state index is 13.5. The maximum absolute atomic E-state index is 13.5. The average molecular weight is 435 g/mol. The highest BCUT2D eigenvalue weighted by Crippen LogP contribution is 2.30. The van der Waals surface area contributed by atoms with Gasteiger partial charge in [0, 0.05) is 35.7 Å². The number of methoxy groups -OCH3 is 1. The molecule has 32 heavy (non-hydrogen) atoms. The minimum absolute atomic E-state index is 0.0260. The lowest BCUT2D eigenvalue weighted by atomic mass is 9.97. The highest BCUT2D eigenvalue weighted by atomic mass is 19.1. The fraction of sp³-hybridized carbons (Fsp3) is 0.292. The van der Waals surface area contributed by atoms with E-state index in [1.165, 1.54) is 12.1 Å². The van der Waals surface area contributed by atoms with E-state index in [0.717, 1.165) is 23.8 Å². The van der Waals surface area contributed by atoms with E-state index in [-0.39, 0.29) is 24.1 Å². The van der Waals surface area contributed by atoms with Crippen LogP contribution in [0.5, 0.6) is 5.75 Å². The Labute approximate surface area is 183 Å². The summed E-state index contributed by atoms with van der Waals surface area (Å²) in [7, 11) is 1.60. The van der Waals surface area contributed by atoms with Crippen molar-refractivity contribution >= 4 is 16.9 Å². The maximum Gasteiger partial charge on any atom is 0.231 e. The van der Waals surface area contributed by atoms with Gasteiger partial charge in [-0.05, 0) is 37.1 Å². The van der Waals surface area contributed by atoms with Crippen LogP contribution >= 0.6 is 0 Å². The first-order chi connectivity index (χ1) is 15.6. The minimum atomic E-state index is -0.353. The second-order valence-corrected chi connectivity index (χ2v) is 7.95. The molecule has 0 aliphatic carbocycles. The Morgan fingerprint density at radius 2 is 2.19 bits per heavy atom. The van der Waals surface area contributed by atoms with E-state index in [9.17, 15) is 9.18 Å². The standard InChI is InChI=1S/C24H22FN3O4/c1-30-19-7-8-20-17(14-31-21(20)12-19)11-22(29)28-9-3-5-16(13-28)24-26-23(27-32-24)15-4-2-6-18(25)10-15/h2,4,6-8,10,12,14,16H,3,5,9,11,13H2,1H3. The molecule has 8 heteroatoms. The Morgan fingerprint density at radius 1 is 1.28 bits per heavy atom. The molecule has 1 aliphatic heterocycles. The number of hydrogen-bond donors (Lipinski definition) is 0. The number of fused-ring (bicyclic) bond motifs is 1. The predicted molar refractivity (Wildman–Crippen MR) is 115 cm³/mol. The molecule has 0 saturated carbocycles. The number of nitrogens with zero attached hydrogens (tertiary/aromatic N) is 3. The van der Waals surface area contributed by atoms with Crippen LogP contribution in [-0.2, 0) is 11.2 Å². The molecular formula is C24H22FN3O4. The largest absolute Gasteiger partial charge is 0.497 e. The van der Waals surface area contributed by atoms with Crippen LogP contribution in [0.1, 0.15) is 30.2 Å². The SMILES string of the molecule is COc1ccc2c(CC(=O)N3CCCC(c4nc(-c5cccc(F)c5)no4)C3)coc2c1. The third-order valence-corrected chi connectivity index (χ3v) is 5.85. The van der Waals surface area contributed by atoms with Gasteiger partial charge in [-0.25, -0.2) is 4.39 Å². The van der Waals surface area contributed by atoms with Crippen molar-refractivity contribution in [3.8, 4) is 17.1 Å². The molecule has 0 spiro atoms. The molecular weight excluding hydrogens is 413 g/mol. The summed E-state index contributed by atoms with van der Waals surface area (Å²) in [5.74, 6) is 1.16. The predicted octanol–water partition coefficient (Wildman–Crippen LogP) is 4.58. The Bertz CT molecular complexity index is 1270. The summed E-state index contributed by atoms with van der Waals surface area (Å²) in [5, 5.41) is 4.91. The molecule has 0 radical (unpaired) electrons. The number of ether oxygens (including phenoxy) is 1. The van der Waals surface area contributed by atoms with Crippen LogP contribution in [0.25, 0.3) is 22.4 Å². The zero-order valence-electron chi connectivity index (χ0n) is 17.6. The van der Waals surface area contributed by atoms with Crippen molar-refractivity contribution in [1.29, 1.82) is 0 Å². The van der Waals surface area contributed by atoms with Gasteiger partial charge in [0.2, 0.25) is 17.6 Å². The molecule has 1 aliphatic rings. The minimum Gasteiger partial charge on any atom is -0.497 e. The lowest BCUT2D eigenvalue weighted by molar-refractivity contribution is -0.131. The fourth-order valence-electron chi connectivity index (χ4n) is 4.15. The number of furan rings is 1. The third kappa shape index (κ3) is 3.95. The van der Waals surface area contributed by atoms with Gasteiger partial charge in [-0.2, -0.15) is 4.98 Å². The van der Waals surface area contributed by atoms with Gasteiger partial charge in [-0.1, -0.05) is 17.3 Å². The van der Waals surface area contributed by atoms with Crippen LogP contribution in [0.2, 0.25) is 0 Å². The van der Waals surface area contributed by atoms with Crippen molar-refractivity contribution in [3.63, 3.8) is 0 Å². The van der Waals surface area contributed by atoms with Crippen LogP contribution in [-0.4, -0.2) is 41.1 Å². The molecule has 1 saturated heterocycles. The van der Waals surface area contributed by atoms with Crippen LogP contribution in [0.15, 0.2) is 57.7 Å². The molecule has 1 atom stereocenters. The Balaban J connectivity index is 1.28. The normalized spacial score (nSPS) is 16.4. The van der Waals surface area contributed by atoms with Crippen LogP contribution in [0.3, 0.4) is 0 Å². The molecule has 2 aromatic heterocycles. The monoisotopic (exact) mass is 435 g/mol. The first-order valence-electron chi connectivity index (χ1n) is 10.5. The molecule has 2 aromatic carbocycles. The van der Waals surface area contributed by atoms with E-state index >= 15 is 0 Å². The van der Waals surface area contributed by atoms with Crippen LogP contribution in [0.4, 0.5) is 4.39 Å². The van der Waals surface area contributed by atoms with E-state index in [1.54, 1.807) is 25.5 Å². The highest BCUT2D eigenvalue weighted by molar-refractivity contribution is 5.88. The Hall–Kier alpha value is -3.68. The van der Waals surface area contributed by atoms with Crippen molar-refractivity contribution < 1.29 is 22.9 Å². The molecule has 5 rings (SSSR count). The summed E-state index contributed by atoms with van der Waals surface area (Å²) >= 11 is 0. The van der Waals surface area contributed by atoms with Gasteiger partial charge in [0.05, 0.1) is 25.7 Å². The number of aromatic nitrogens is 2. The first-order valence-corrected chi connectivity index (χ1v) is 10.5. The van der Waals surface area contributed by atoms with Gasteiger partial charge in [0.1, 0.15) is 17.1 Å². The van der Waals surface area contributed by atoms with E-state index in [1.807, 2.05) is 23.1 Å². The number of benzene rings is 2. The van der Waals surface area contributed by atoms with Gasteiger partial charge >= 0.3 is 0 Å². The average Bonchev–Trinajstić information content (AvgIpc) is 3.47. The van der Waals surface area contributed by atoms with Gasteiger partial charge in [0.15, 0.2) is 0 Å². The van der Waals surface area contributed by atoms with Crippen molar-refractivity contribution in [2.75, 3.05) is 20.2 Å². The number of halogens is 1. The number of carbonyl (C=O) groups excluding carboxylic acids is 1. The summed E-state index contributed by atoms with van der Waals surface area (Å²) in [6, 6.07) is 11.7. The van der Waals surface area contributed by atoms with E-state index < -0.39 is 0 Å². The lowest BCUT2D eigenvalue weighted by Crippen LogP contribution is -2.40. The zero-order chi connectivity index (χ0) is 22.1. The van der Waals surface area contributed by atoms with Gasteiger partial charge in [-0.3, -0.25) is 4.79 Å². The summed E-state index contributed by atoms with van der Waals surface area (Å²) in [5.41, 5.74) is 2.10. The molecule has 1 unspecified atom stereocenters. The van der Waals surface area contributed by atoms with Gasteiger partial charge in [-0.15, -0.1) is 0 Å². The van der Waals surface area contributed by atoms with E-state index in [0.29, 0.717) is 41.7 Å². The van der Waals surface area contributed by atoms with Gasteiger partial charge < -0.3 is 18.6 Å². The molecule has 1 fully saturated rings. The Kier molecular flexibility index (Phi) is 5.34. The van der Waals surface area contributed by atoms with Crippen molar-refractivity contribution in [1.82, 2.24) is 15.0 Å². The number of amides is 1. The smallest absolute Gasteiger partial charge is 0.231 e. The van der Waals surface area contributed by atoms with E-state index in [2.05, 4.69) is 10.1 Å². The lowest BCUT2D eigenvalue weighted by Gasteiger charge is -2.31. The fourth-order valence-corrected chi connectivity index (χ4v) is 4.15. The van der Waals surface area contributed by atoms with Crippen LogP contribution < -0.4 is 4.74 Å². The molecule has 7 nitrogen and oxygen atoms in total. The number of rotatable bonds is 5. The molecule has 0 bridgehead atoms. The first kappa shape index (κ1) is 20.2. The Morgan fingerprint density at radius 3 is 3.03 bits per heavy atom. The summed E-state index contributed by atoms with van der Waals surface area (Å²) in [6.45, 7) is 1.19. The topological polar surface area (TPSA) is 81.6 Å². The number of hydrogen-bond acceptors (Lipinski definition) is 6. The van der Waals surface area contributed by atoms with Crippen LogP contribution in [0, 0.1) is 5.82 Å². The second-order valence-electron chi connectivity index (χ2n) is 7.95. The van der Waals surface area contributed by atoms with Crippen molar-refractivity contribution in [3.05, 3.63) is 66.0 Å². The summed E-state index contributed by atoms with van der Waals surface area (Å²) < 4.78 is 29.8. The second kappa shape index (κ2) is 8.45. The summed E-state index contributed by atoms with van der Waals surface area (Å²) in [4.78, 5) is 19.3. The molecule has 1 amide bonds. The third-order valence-electron chi connectivity index (χ3n) is 5.85. The van der Waals surface area contributed by atoms with Crippen molar-refractivity contribution in [2.45, 2.75) is 25.2 Å². The van der Waals surface area contributed by atoms with Crippen molar-refractivity contribution in [2.24, 2.45) is 0 Å². The number of piperidine rings is 1. The van der Waals surface area contributed by atoms with Gasteiger partial charge in [0.25, 0.3) is 0 Å². The van der Waals surface area contributed by atoms with E-state index in [4.69, 9.17) is 13.7 Å². The quantitative estimate of drug-likeness (QED) is 0.456. The molecule has 4 aromatic rings. The molecule has 3 heterocycles.